The summed E-state index contributed by atoms with van der Waals surface area (Å²) in [5.41, 5.74) is 7.02. The van der Waals surface area contributed by atoms with Gasteiger partial charge in [0.25, 0.3) is 5.91 Å². The zero-order valence-electron chi connectivity index (χ0n) is 8.86. The third-order valence-corrected chi connectivity index (χ3v) is 1.93. The first kappa shape index (κ1) is 11.5. The summed E-state index contributed by atoms with van der Waals surface area (Å²) in [6.07, 6.45) is 3.76. The summed E-state index contributed by atoms with van der Waals surface area (Å²) in [6, 6.07) is 7.44. The van der Waals surface area contributed by atoms with Crippen molar-refractivity contribution in [3.8, 4) is 0 Å². The van der Waals surface area contributed by atoms with Crippen molar-refractivity contribution in [1.29, 1.82) is 0 Å². The highest BCUT2D eigenvalue weighted by Crippen LogP contribution is 2.06. The second-order valence-electron chi connectivity index (χ2n) is 3.12. The van der Waals surface area contributed by atoms with E-state index >= 15 is 0 Å². The lowest BCUT2D eigenvalue weighted by Gasteiger charge is -2.02. The number of hydrogen-bond acceptors (Lipinski definition) is 2. The number of hydrogen-bond donors (Lipinski definition) is 2. The molecule has 0 aliphatic heterocycles. The summed E-state index contributed by atoms with van der Waals surface area (Å²) in [7, 11) is 0. The Balaban J connectivity index is 2.82. The van der Waals surface area contributed by atoms with Crippen molar-refractivity contribution < 1.29 is 4.79 Å². The maximum Gasteiger partial charge on any atom is 0.251 e. The molecule has 3 N–H and O–H groups in total. The molecule has 1 rings (SSSR count). The van der Waals surface area contributed by atoms with Crippen molar-refractivity contribution in [2.45, 2.75) is 6.92 Å². The van der Waals surface area contributed by atoms with Gasteiger partial charge in [0.15, 0.2) is 0 Å². The van der Waals surface area contributed by atoms with Crippen LogP contribution in [0.3, 0.4) is 0 Å². The van der Waals surface area contributed by atoms with Crippen molar-refractivity contribution in [3.63, 3.8) is 0 Å². The smallest absolute Gasteiger partial charge is 0.251 e. The minimum absolute atomic E-state index is 0.0412. The molecule has 1 amide bonds. The molecule has 3 heteroatoms. The topological polar surface area (TPSA) is 55.1 Å². The Labute approximate surface area is 90.0 Å². The van der Waals surface area contributed by atoms with E-state index in [2.05, 4.69) is 5.32 Å². The summed E-state index contributed by atoms with van der Waals surface area (Å²) in [5, 5.41) is 2.76. The van der Waals surface area contributed by atoms with Crippen molar-refractivity contribution in [2.75, 3.05) is 13.1 Å². The van der Waals surface area contributed by atoms with E-state index in [1.54, 1.807) is 6.07 Å². The Morgan fingerprint density at radius 2 is 2.33 bits per heavy atom. The molecular weight excluding hydrogens is 188 g/mol. The lowest BCUT2D eigenvalue weighted by molar-refractivity contribution is 0.0956. The number of carbonyl (C=O) groups excluding carboxylic acids is 1. The van der Waals surface area contributed by atoms with Crippen LogP contribution in [0.25, 0.3) is 6.08 Å². The van der Waals surface area contributed by atoms with Crippen LogP contribution >= 0.6 is 0 Å². The molecule has 0 saturated heterocycles. The summed E-state index contributed by atoms with van der Waals surface area (Å²) in [4.78, 5) is 11.5. The van der Waals surface area contributed by atoms with E-state index in [1.165, 1.54) is 0 Å². The molecule has 0 aliphatic rings. The Hall–Kier alpha value is -1.61. The highest BCUT2D eigenvalue weighted by Gasteiger charge is 2.02. The van der Waals surface area contributed by atoms with E-state index in [9.17, 15) is 4.79 Å². The van der Waals surface area contributed by atoms with Gasteiger partial charge < -0.3 is 11.1 Å². The van der Waals surface area contributed by atoms with E-state index in [1.807, 2.05) is 37.3 Å². The number of amides is 1. The molecule has 1 aromatic carbocycles. The first-order valence-corrected chi connectivity index (χ1v) is 5.02. The molecule has 0 atom stereocenters. The van der Waals surface area contributed by atoms with Gasteiger partial charge in [-0.25, -0.2) is 0 Å². The van der Waals surface area contributed by atoms with Crippen molar-refractivity contribution in [3.05, 3.63) is 41.5 Å². The fourth-order valence-electron chi connectivity index (χ4n) is 1.25. The van der Waals surface area contributed by atoms with Gasteiger partial charge in [0.1, 0.15) is 0 Å². The van der Waals surface area contributed by atoms with Crippen molar-refractivity contribution >= 4 is 12.0 Å². The van der Waals surface area contributed by atoms with Crippen LogP contribution in [0, 0.1) is 0 Å². The van der Waals surface area contributed by atoms with Crippen LogP contribution in [-0.2, 0) is 0 Å². The highest BCUT2D eigenvalue weighted by atomic mass is 16.1. The molecule has 0 aliphatic carbocycles. The predicted octanol–water partition coefficient (Wildman–Crippen LogP) is 1.41. The third kappa shape index (κ3) is 3.56. The normalized spacial score (nSPS) is 10.5. The fourth-order valence-corrected chi connectivity index (χ4v) is 1.25. The monoisotopic (exact) mass is 204 g/mol. The molecule has 0 unspecified atom stereocenters. The van der Waals surface area contributed by atoms with Crippen LogP contribution in [0.15, 0.2) is 30.3 Å². The number of carbonyl (C=O) groups is 1. The second-order valence-corrected chi connectivity index (χ2v) is 3.12. The van der Waals surface area contributed by atoms with Crippen LogP contribution in [0.1, 0.15) is 22.8 Å². The minimum Gasteiger partial charge on any atom is -0.352 e. The highest BCUT2D eigenvalue weighted by molar-refractivity contribution is 5.94. The Morgan fingerprint density at radius 3 is 3.00 bits per heavy atom. The van der Waals surface area contributed by atoms with E-state index in [4.69, 9.17) is 5.73 Å². The maximum absolute atomic E-state index is 11.5. The summed E-state index contributed by atoms with van der Waals surface area (Å²) in [5.74, 6) is -0.0412. The lowest BCUT2D eigenvalue weighted by Crippen LogP contribution is -2.22. The average Bonchev–Trinajstić information content (AvgIpc) is 2.27. The molecular formula is C12H16N2O. The zero-order valence-corrected chi connectivity index (χ0v) is 8.86. The predicted molar refractivity (Wildman–Crippen MR) is 62.5 cm³/mol. The van der Waals surface area contributed by atoms with E-state index < -0.39 is 0 Å². The molecule has 80 valence electrons. The zero-order chi connectivity index (χ0) is 11.1. The number of nitrogens with one attached hydrogen (secondary N) is 1. The van der Waals surface area contributed by atoms with Gasteiger partial charge in [-0.2, -0.15) is 0 Å². The van der Waals surface area contributed by atoms with Gasteiger partial charge in [0.05, 0.1) is 0 Å². The van der Waals surface area contributed by atoms with Crippen LogP contribution in [-0.4, -0.2) is 19.0 Å². The van der Waals surface area contributed by atoms with Gasteiger partial charge in [0.2, 0.25) is 0 Å². The maximum atomic E-state index is 11.5. The molecule has 15 heavy (non-hydrogen) atoms. The van der Waals surface area contributed by atoms with Crippen LogP contribution in [0.5, 0.6) is 0 Å². The molecule has 0 heterocycles. The van der Waals surface area contributed by atoms with Gasteiger partial charge in [0, 0.05) is 18.7 Å². The van der Waals surface area contributed by atoms with Crippen LogP contribution in [0.4, 0.5) is 0 Å². The Bertz CT molecular complexity index is 358. The van der Waals surface area contributed by atoms with E-state index in [-0.39, 0.29) is 5.91 Å². The first-order chi connectivity index (χ1) is 7.27. The lowest BCUT2D eigenvalue weighted by atomic mass is 10.1. The summed E-state index contributed by atoms with van der Waals surface area (Å²) < 4.78 is 0. The van der Waals surface area contributed by atoms with Crippen LogP contribution in [0.2, 0.25) is 0 Å². The molecule has 0 radical (unpaired) electrons. The van der Waals surface area contributed by atoms with Crippen molar-refractivity contribution in [2.24, 2.45) is 5.73 Å². The average molecular weight is 204 g/mol. The molecule has 3 nitrogen and oxygen atoms in total. The first-order valence-electron chi connectivity index (χ1n) is 5.02. The molecule has 0 bridgehead atoms. The van der Waals surface area contributed by atoms with Gasteiger partial charge >= 0.3 is 0 Å². The molecule has 1 aromatic rings. The number of rotatable bonds is 4. The molecule has 0 spiro atoms. The fraction of sp³-hybridized carbons (Fsp3) is 0.250. The third-order valence-electron chi connectivity index (χ3n) is 1.93. The van der Waals surface area contributed by atoms with Gasteiger partial charge in [-0.15, -0.1) is 0 Å². The Morgan fingerprint density at radius 1 is 1.53 bits per heavy atom. The number of nitrogens with two attached hydrogens (primary N) is 1. The largest absolute Gasteiger partial charge is 0.352 e. The van der Waals surface area contributed by atoms with Gasteiger partial charge in [-0.1, -0.05) is 24.3 Å². The second kappa shape index (κ2) is 5.98. The summed E-state index contributed by atoms with van der Waals surface area (Å²) >= 11 is 0. The van der Waals surface area contributed by atoms with Gasteiger partial charge in [-0.05, 0) is 24.6 Å². The molecule has 0 saturated carbocycles. The summed E-state index contributed by atoms with van der Waals surface area (Å²) in [6.45, 7) is 3.04. The van der Waals surface area contributed by atoms with Crippen molar-refractivity contribution in [1.82, 2.24) is 5.32 Å². The van der Waals surface area contributed by atoms with Gasteiger partial charge in [-0.3, -0.25) is 4.79 Å². The SMILES string of the molecule is CCNC(=O)c1cccc(/C=C/CN)c1. The molecule has 0 fully saturated rings. The Kier molecular flexibility index (Phi) is 4.57. The van der Waals surface area contributed by atoms with E-state index in [0.29, 0.717) is 18.7 Å². The molecule has 0 aromatic heterocycles. The van der Waals surface area contributed by atoms with Crippen LogP contribution < -0.4 is 11.1 Å². The minimum atomic E-state index is -0.0412. The number of benzene rings is 1. The van der Waals surface area contributed by atoms with E-state index in [0.717, 1.165) is 5.56 Å². The standard InChI is InChI=1S/C12H16N2O/c1-2-14-12(15)11-7-3-5-10(9-11)6-4-8-13/h3-7,9H,2,8,13H2,1H3,(H,14,15)/b6-4+. The quantitative estimate of drug-likeness (QED) is 0.779.